The zero-order valence-corrected chi connectivity index (χ0v) is 17.8. The van der Waals surface area contributed by atoms with Crippen molar-refractivity contribution in [1.29, 1.82) is 0 Å². The van der Waals surface area contributed by atoms with Crippen LogP contribution in [0.15, 0.2) is 28.7 Å². The summed E-state index contributed by atoms with van der Waals surface area (Å²) in [6.45, 7) is 6.78. The molecule has 0 aliphatic carbocycles. The highest BCUT2D eigenvalue weighted by atomic mass is 35.5. The molecule has 1 aromatic carbocycles. The van der Waals surface area contributed by atoms with E-state index >= 15 is 0 Å². The quantitative estimate of drug-likeness (QED) is 0.413. The van der Waals surface area contributed by atoms with Crippen LogP contribution in [-0.2, 0) is 17.9 Å². The van der Waals surface area contributed by atoms with Crippen LogP contribution in [0, 0.1) is 24.0 Å². The second kappa shape index (κ2) is 8.62. The Balaban J connectivity index is 1.79. The summed E-state index contributed by atoms with van der Waals surface area (Å²) in [6.07, 6.45) is 0. The Hall–Kier alpha value is -3.27. The average Bonchev–Trinajstić information content (AvgIpc) is 3.24. The number of aryl methyl sites for hydroxylation is 1. The molecule has 3 aromatic rings. The van der Waals surface area contributed by atoms with Crippen molar-refractivity contribution < 1.29 is 14.1 Å². The fourth-order valence-electron chi connectivity index (χ4n) is 3.09. The number of nitrogens with zero attached hydrogens (tertiary/aromatic N) is 6. The van der Waals surface area contributed by atoms with Crippen molar-refractivity contribution in [1.82, 2.24) is 24.9 Å². The van der Waals surface area contributed by atoms with Gasteiger partial charge in [0.05, 0.1) is 22.1 Å². The lowest BCUT2D eigenvalue weighted by Crippen LogP contribution is -2.39. The van der Waals surface area contributed by atoms with Crippen molar-refractivity contribution in [3.63, 3.8) is 0 Å². The molecule has 0 unspecified atom stereocenters. The predicted molar refractivity (Wildman–Crippen MR) is 109 cm³/mol. The van der Waals surface area contributed by atoms with Crippen molar-refractivity contribution in [3.8, 4) is 11.5 Å². The van der Waals surface area contributed by atoms with Gasteiger partial charge in [-0.3, -0.25) is 19.6 Å². The highest BCUT2D eigenvalue weighted by Crippen LogP contribution is 2.27. The Morgan fingerprint density at radius 3 is 2.60 bits per heavy atom. The maximum atomic E-state index is 12.9. The van der Waals surface area contributed by atoms with Gasteiger partial charge in [0.15, 0.2) is 0 Å². The number of hydrogen-bond donors (Lipinski definition) is 0. The second-order valence-electron chi connectivity index (χ2n) is 7.03. The standard InChI is InChI=1S/C19H21ClN6O4/c1-11(2)24(17(27)10-25-13(4)18(26(28)29)12(3)23-25)9-16-21-22-19(30-16)14-7-5-6-8-15(14)20/h5-8,11H,9-10H2,1-4H3. The van der Waals surface area contributed by atoms with Crippen LogP contribution < -0.4 is 0 Å². The lowest BCUT2D eigenvalue weighted by molar-refractivity contribution is -0.386. The first kappa shape index (κ1) is 21.4. The molecule has 0 N–H and O–H groups in total. The summed E-state index contributed by atoms with van der Waals surface area (Å²) in [7, 11) is 0. The molecule has 30 heavy (non-hydrogen) atoms. The summed E-state index contributed by atoms with van der Waals surface area (Å²) >= 11 is 6.17. The summed E-state index contributed by atoms with van der Waals surface area (Å²) in [6, 6.07) is 6.92. The van der Waals surface area contributed by atoms with E-state index in [0.717, 1.165) is 0 Å². The first-order chi connectivity index (χ1) is 14.2. The molecule has 0 radical (unpaired) electrons. The van der Waals surface area contributed by atoms with Gasteiger partial charge in [-0.15, -0.1) is 10.2 Å². The van der Waals surface area contributed by atoms with Crippen LogP contribution in [0.25, 0.3) is 11.5 Å². The van der Waals surface area contributed by atoms with Gasteiger partial charge in [0.1, 0.15) is 17.9 Å². The van der Waals surface area contributed by atoms with E-state index in [0.29, 0.717) is 16.3 Å². The molecular formula is C19H21ClN6O4. The summed E-state index contributed by atoms with van der Waals surface area (Å²) in [5, 5.41) is 23.8. The normalized spacial score (nSPS) is 11.1. The van der Waals surface area contributed by atoms with E-state index in [1.165, 1.54) is 4.68 Å². The smallest absolute Gasteiger partial charge is 0.312 e. The van der Waals surface area contributed by atoms with E-state index < -0.39 is 4.92 Å². The number of amides is 1. The Bertz CT molecular complexity index is 1090. The van der Waals surface area contributed by atoms with Crippen LogP contribution in [0.3, 0.4) is 0 Å². The predicted octanol–water partition coefficient (Wildman–Crippen LogP) is 3.55. The maximum absolute atomic E-state index is 12.9. The minimum atomic E-state index is -0.493. The van der Waals surface area contributed by atoms with Gasteiger partial charge in [-0.05, 0) is 39.8 Å². The topological polar surface area (TPSA) is 120 Å². The van der Waals surface area contributed by atoms with Crippen LogP contribution in [0.1, 0.15) is 31.1 Å². The molecule has 0 saturated heterocycles. The number of benzene rings is 1. The van der Waals surface area contributed by atoms with Crippen molar-refractivity contribution in [3.05, 3.63) is 56.7 Å². The molecule has 0 bridgehead atoms. The fourth-order valence-corrected chi connectivity index (χ4v) is 3.31. The van der Waals surface area contributed by atoms with Crippen LogP contribution in [0.2, 0.25) is 5.02 Å². The molecular weight excluding hydrogens is 412 g/mol. The molecule has 0 saturated carbocycles. The highest BCUT2D eigenvalue weighted by molar-refractivity contribution is 6.33. The second-order valence-corrected chi connectivity index (χ2v) is 7.44. The number of nitro groups is 1. The first-order valence-corrected chi connectivity index (χ1v) is 9.62. The van der Waals surface area contributed by atoms with Gasteiger partial charge in [-0.1, -0.05) is 23.7 Å². The van der Waals surface area contributed by atoms with Crippen molar-refractivity contribution in [2.45, 2.75) is 46.8 Å². The molecule has 0 fully saturated rings. The lowest BCUT2D eigenvalue weighted by Gasteiger charge is -2.25. The van der Waals surface area contributed by atoms with Gasteiger partial charge in [-0.2, -0.15) is 5.10 Å². The first-order valence-electron chi connectivity index (χ1n) is 9.24. The van der Waals surface area contributed by atoms with Crippen LogP contribution in [0.5, 0.6) is 0 Å². The molecule has 3 rings (SSSR count). The molecule has 11 heteroatoms. The van der Waals surface area contributed by atoms with E-state index in [4.69, 9.17) is 16.0 Å². The van der Waals surface area contributed by atoms with Gasteiger partial charge >= 0.3 is 5.69 Å². The lowest BCUT2D eigenvalue weighted by atomic mass is 10.2. The van der Waals surface area contributed by atoms with E-state index in [1.807, 2.05) is 19.9 Å². The summed E-state index contributed by atoms with van der Waals surface area (Å²) in [5.41, 5.74) is 1.12. The number of hydrogen-bond acceptors (Lipinski definition) is 7. The summed E-state index contributed by atoms with van der Waals surface area (Å²) in [4.78, 5) is 25.2. The Labute approximate surface area is 177 Å². The number of aromatic nitrogens is 4. The zero-order chi connectivity index (χ0) is 22.0. The number of carbonyl (C=O) groups excluding carboxylic acids is 1. The van der Waals surface area contributed by atoms with Crippen molar-refractivity contribution >= 4 is 23.2 Å². The van der Waals surface area contributed by atoms with Gasteiger partial charge in [0.25, 0.3) is 0 Å². The Morgan fingerprint density at radius 1 is 1.30 bits per heavy atom. The monoisotopic (exact) mass is 432 g/mol. The minimum absolute atomic E-state index is 0.0832. The summed E-state index contributed by atoms with van der Waals surface area (Å²) < 4.78 is 7.04. The van der Waals surface area contributed by atoms with Gasteiger partial charge < -0.3 is 9.32 Å². The highest BCUT2D eigenvalue weighted by Gasteiger charge is 2.26. The van der Waals surface area contributed by atoms with Crippen molar-refractivity contribution in [2.24, 2.45) is 0 Å². The van der Waals surface area contributed by atoms with E-state index in [9.17, 15) is 14.9 Å². The molecule has 2 aromatic heterocycles. The van der Waals surface area contributed by atoms with E-state index in [-0.39, 0.29) is 48.2 Å². The summed E-state index contributed by atoms with van der Waals surface area (Å²) in [5.74, 6) is 0.246. The average molecular weight is 433 g/mol. The maximum Gasteiger partial charge on any atom is 0.312 e. The molecule has 0 aliphatic rings. The molecule has 158 valence electrons. The third-order valence-electron chi connectivity index (χ3n) is 4.63. The van der Waals surface area contributed by atoms with Gasteiger partial charge in [0, 0.05) is 6.04 Å². The Kier molecular flexibility index (Phi) is 6.16. The molecule has 0 spiro atoms. The number of carbonyl (C=O) groups is 1. The number of rotatable bonds is 7. The van der Waals surface area contributed by atoms with Crippen LogP contribution >= 0.6 is 11.6 Å². The third kappa shape index (κ3) is 4.33. The minimum Gasteiger partial charge on any atom is -0.419 e. The molecule has 1 amide bonds. The largest absolute Gasteiger partial charge is 0.419 e. The van der Waals surface area contributed by atoms with Gasteiger partial charge in [-0.25, -0.2) is 0 Å². The van der Waals surface area contributed by atoms with Crippen LogP contribution in [0.4, 0.5) is 5.69 Å². The number of halogens is 1. The fraction of sp³-hybridized carbons (Fsp3) is 0.368. The molecule has 0 atom stereocenters. The molecule has 0 aliphatic heterocycles. The van der Waals surface area contributed by atoms with E-state index in [2.05, 4.69) is 15.3 Å². The SMILES string of the molecule is Cc1nn(CC(=O)N(Cc2nnc(-c3ccccc3Cl)o2)C(C)C)c(C)c1[N+](=O)[O-]. The van der Waals surface area contributed by atoms with E-state index in [1.54, 1.807) is 36.9 Å². The third-order valence-corrected chi connectivity index (χ3v) is 4.96. The van der Waals surface area contributed by atoms with Gasteiger partial charge in [0.2, 0.25) is 17.7 Å². The van der Waals surface area contributed by atoms with Crippen molar-refractivity contribution in [2.75, 3.05) is 0 Å². The Morgan fingerprint density at radius 2 is 2.00 bits per heavy atom. The molecule has 10 nitrogen and oxygen atoms in total. The molecule has 2 heterocycles. The van der Waals surface area contributed by atoms with Crippen LogP contribution in [-0.4, -0.2) is 41.8 Å². The zero-order valence-electron chi connectivity index (χ0n) is 17.0.